The molecule has 0 aromatic carbocycles. The van der Waals surface area contributed by atoms with Crippen molar-refractivity contribution in [2.45, 2.75) is 18.4 Å². The zero-order chi connectivity index (χ0) is 14.9. The Morgan fingerprint density at radius 3 is 2.64 bits per heavy atom. The van der Waals surface area contributed by atoms with Crippen LogP contribution in [0.4, 0.5) is 0 Å². The summed E-state index contributed by atoms with van der Waals surface area (Å²) in [5.74, 6) is 0. The molecule has 1 fully saturated rings. The Labute approximate surface area is 168 Å². The number of aromatic nitrogens is 2. The fourth-order valence-corrected chi connectivity index (χ4v) is 2.15. The van der Waals surface area contributed by atoms with Crippen molar-refractivity contribution in [2.24, 2.45) is 0 Å². The van der Waals surface area contributed by atoms with Gasteiger partial charge in [-0.05, 0) is 7.60 Å². The SMILES string of the molecule is O=c1ccn([C@@H]2OC[C@H](OCP(=O)([O-])[O-])[C@H]2O)c(=O)[nH]1.[Na+].[Na+]. The summed E-state index contributed by atoms with van der Waals surface area (Å²) in [5.41, 5.74) is -1.40. The molecule has 1 aromatic rings. The number of nitrogens with zero attached hydrogens (tertiary/aromatic N) is 1. The van der Waals surface area contributed by atoms with Crippen LogP contribution in [0.25, 0.3) is 0 Å². The molecule has 0 unspecified atom stereocenters. The van der Waals surface area contributed by atoms with E-state index < -0.39 is 43.6 Å². The van der Waals surface area contributed by atoms with Crippen LogP contribution in [-0.2, 0) is 14.0 Å². The maximum absolute atomic E-state index is 11.5. The van der Waals surface area contributed by atoms with E-state index in [2.05, 4.69) is 0 Å². The van der Waals surface area contributed by atoms with Gasteiger partial charge in [-0.1, -0.05) is 0 Å². The Kier molecular flexibility index (Phi) is 9.56. The maximum Gasteiger partial charge on any atom is 1.00 e. The summed E-state index contributed by atoms with van der Waals surface area (Å²) in [5, 5.41) is 9.90. The van der Waals surface area contributed by atoms with Gasteiger partial charge >= 0.3 is 64.8 Å². The summed E-state index contributed by atoms with van der Waals surface area (Å²) in [4.78, 5) is 45.4. The molecular formula is C9H11N2Na2O8P. The monoisotopic (exact) mass is 352 g/mol. The van der Waals surface area contributed by atoms with Crippen molar-refractivity contribution in [3.8, 4) is 0 Å². The van der Waals surface area contributed by atoms with Gasteiger partial charge in [0.05, 0.1) is 13.0 Å². The summed E-state index contributed by atoms with van der Waals surface area (Å²) in [6, 6.07) is 1.06. The second-order valence-electron chi connectivity index (χ2n) is 4.18. The van der Waals surface area contributed by atoms with Gasteiger partial charge in [0.1, 0.15) is 12.2 Å². The van der Waals surface area contributed by atoms with E-state index in [0.717, 1.165) is 16.8 Å². The van der Waals surface area contributed by atoms with Crippen molar-refractivity contribution >= 4 is 7.60 Å². The number of hydrogen-bond donors (Lipinski definition) is 2. The standard InChI is InChI=1S/C9H13N2O8P.2Na/c12-6-1-2-11(9(14)10-6)8-7(13)5(3-18-8)19-4-20(15,16)17;;/h1-2,5,7-8,13H,3-4H2,(H,10,12,14)(H2,15,16,17);;/q;2*+1/p-2/t5-,7+,8+;;/m0../s1. The molecule has 0 saturated carbocycles. The molecule has 22 heavy (non-hydrogen) atoms. The number of aliphatic hydroxyl groups excluding tert-OH is 1. The predicted octanol–water partition coefficient (Wildman–Crippen LogP) is -9.31. The Morgan fingerprint density at radius 2 is 2.09 bits per heavy atom. The topological polar surface area (TPSA) is 157 Å². The van der Waals surface area contributed by atoms with E-state index in [1.807, 2.05) is 4.98 Å². The summed E-state index contributed by atoms with van der Waals surface area (Å²) < 4.78 is 21.3. The number of H-pyrrole nitrogens is 1. The van der Waals surface area contributed by atoms with Gasteiger partial charge in [0, 0.05) is 12.3 Å². The van der Waals surface area contributed by atoms with Crippen molar-refractivity contribution in [3.63, 3.8) is 0 Å². The molecule has 2 N–H and O–H groups in total. The van der Waals surface area contributed by atoms with Crippen LogP contribution in [0.1, 0.15) is 6.23 Å². The molecule has 0 radical (unpaired) electrons. The first-order valence-electron chi connectivity index (χ1n) is 5.52. The molecule has 2 heterocycles. The van der Waals surface area contributed by atoms with Crippen LogP contribution in [-0.4, -0.2) is 39.8 Å². The molecule has 10 nitrogen and oxygen atoms in total. The van der Waals surface area contributed by atoms with Gasteiger partial charge in [0.25, 0.3) is 5.56 Å². The molecule has 0 bridgehead atoms. The van der Waals surface area contributed by atoms with Crippen LogP contribution in [0.5, 0.6) is 0 Å². The van der Waals surface area contributed by atoms with Gasteiger partial charge in [0.2, 0.25) is 0 Å². The zero-order valence-corrected chi connectivity index (χ0v) is 16.9. The summed E-state index contributed by atoms with van der Waals surface area (Å²) in [6.07, 6.45) is -3.50. The average Bonchev–Trinajstić information content (AvgIpc) is 2.67. The van der Waals surface area contributed by atoms with E-state index in [0.29, 0.717) is 0 Å². The molecule has 112 valence electrons. The third-order valence-corrected chi connectivity index (χ3v) is 3.14. The van der Waals surface area contributed by atoms with Gasteiger partial charge in [-0.2, -0.15) is 0 Å². The van der Waals surface area contributed by atoms with Crippen molar-refractivity contribution in [1.29, 1.82) is 0 Å². The Morgan fingerprint density at radius 1 is 1.45 bits per heavy atom. The number of ether oxygens (including phenoxy) is 2. The predicted molar refractivity (Wildman–Crippen MR) is 59.7 cm³/mol. The fourth-order valence-electron chi connectivity index (χ4n) is 1.78. The minimum absolute atomic E-state index is 0. The first kappa shape index (κ1) is 22.7. The van der Waals surface area contributed by atoms with E-state index >= 15 is 0 Å². The molecule has 0 spiro atoms. The second-order valence-corrected chi connectivity index (χ2v) is 5.66. The third-order valence-electron chi connectivity index (χ3n) is 2.68. The molecule has 1 aromatic heterocycles. The number of aliphatic hydroxyl groups is 1. The van der Waals surface area contributed by atoms with E-state index in [4.69, 9.17) is 9.47 Å². The number of nitrogens with one attached hydrogen (secondary N) is 1. The van der Waals surface area contributed by atoms with Crippen LogP contribution in [0.2, 0.25) is 0 Å². The Balaban J connectivity index is 0.00000220. The van der Waals surface area contributed by atoms with Crippen LogP contribution < -0.4 is 80.2 Å². The molecule has 1 aliphatic heterocycles. The van der Waals surface area contributed by atoms with E-state index in [1.165, 1.54) is 0 Å². The van der Waals surface area contributed by atoms with Gasteiger partial charge in [0.15, 0.2) is 6.23 Å². The van der Waals surface area contributed by atoms with Crippen molar-refractivity contribution < 1.29 is 88.0 Å². The van der Waals surface area contributed by atoms with Gasteiger partial charge in [-0.25, -0.2) is 4.79 Å². The van der Waals surface area contributed by atoms with Crippen LogP contribution in [0, 0.1) is 0 Å². The minimum Gasteiger partial charge on any atom is -0.809 e. The number of rotatable bonds is 4. The van der Waals surface area contributed by atoms with Crippen LogP contribution >= 0.6 is 7.60 Å². The quantitative estimate of drug-likeness (QED) is 0.399. The van der Waals surface area contributed by atoms with Crippen molar-refractivity contribution in [3.05, 3.63) is 33.1 Å². The molecule has 3 atom stereocenters. The second kappa shape index (κ2) is 9.26. The van der Waals surface area contributed by atoms with Crippen molar-refractivity contribution in [2.75, 3.05) is 13.0 Å². The fraction of sp³-hybridized carbons (Fsp3) is 0.556. The van der Waals surface area contributed by atoms with E-state index in [9.17, 15) is 29.0 Å². The normalized spacial score (nSPS) is 24.4. The molecule has 0 amide bonds. The molecule has 13 heteroatoms. The van der Waals surface area contributed by atoms with E-state index in [-0.39, 0.29) is 65.7 Å². The van der Waals surface area contributed by atoms with Gasteiger partial charge in [-0.3, -0.25) is 14.3 Å². The smallest absolute Gasteiger partial charge is 0.809 e. The number of hydrogen-bond acceptors (Lipinski definition) is 8. The Bertz CT molecular complexity index is 643. The Hall–Kier alpha value is 0.710. The molecule has 1 aliphatic rings. The summed E-state index contributed by atoms with van der Waals surface area (Å²) in [7, 11) is -4.86. The zero-order valence-electron chi connectivity index (χ0n) is 12.0. The average molecular weight is 352 g/mol. The van der Waals surface area contributed by atoms with Crippen LogP contribution in [0.3, 0.4) is 0 Å². The molecule has 0 aliphatic carbocycles. The molecule has 1 saturated heterocycles. The molecule has 2 rings (SSSR count). The third kappa shape index (κ3) is 5.97. The first-order chi connectivity index (χ1) is 9.28. The van der Waals surface area contributed by atoms with Gasteiger partial charge in [-0.15, -0.1) is 0 Å². The largest absolute Gasteiger partial charge is 1.00 e. The first-order valence-corrected chi connectivity index (χ1v) is 7.24. The number of aromatic amines is 1. The maximum atomic E-state index is 11.5. The minimum atomic E-state index is -4.86. The van der Waals surface area contributed by atoms with Crippen molar-refractivity contribution in [1.82, 2.24) is 9.55 Å². The summed E-state index contributed by atoms with van der Waals surface area (Å²) in [6.45, 7) is -0.197. The molecular weight excluding hydrogens is 341 g/mol. The van der Waals surface area contributed by atoms with E-state index in [1.54, 1.807) is 0 Å². The van der Waals surface area contributed by atoms with Gasteiger partial charge < -0.3 is 28.9 Å². The summed E-state index contributed by atoms with van der Waals surface area (Å²) >= 11 is 0. The van der Waals surface area contributed by atoms with Crippen LogP contribution in [0.15, 0.2) is 21.9 Å².